The van der Waals surface area contributed by atoms with Crippen molar-refractivity contribution in [2.24, 2.45) is 5.92 Å². The SMILES string of the molecule is CCC(C)C(NC(=O)C(C)N(C(=O)CC(C)O)[Si](C)(C)C(C)(C)C)C(=O)O. The van der Waals surface area contributed by atoms with Crippen LogP contribution in [0.4, 0.5) is 0 Å². The molecule has 0 aromatic heterocycles. The van der Waals surface area contributed by atoms with Gasteiger partial charge in [0.1, 0.15) is 6.04 Å². The minimum atomic E-state index is -2.44. The van der Waals surface area contributed by atoms with Crippen molar-refractivity contribution in [1.82, 2.24) is 9.88 Å². The number of carboxylic acids is 1. The molecule has 0 bridgehead atoms. The average Bonchev–Trinajstić information content (AvgIpc) is 2.49. The Hall–Kier alpha value is -1.41. The maximum Gasteiger partial charge on any atom is 0.326 e. The molecule has 158 valence electrons. The van der Waals surface area contributed by atoms with Crippen molar-refractivity contribution >= 4 is 26.0 Å². The van der Waals surface area contributed by atoms with E-state index in [9.17, 15) is 24.6 Å². The second-order valence-electron chi connectivity index (χ2n) is 9.01. The molecule has 0 aromatic rings. The third-order valence-electron chi connectivity index (χ3n) is 5.72. The van der Waals surface area contributed by atoms with Gasteiger partial charge in [-0.3, -0.25) is 9.59 Å². The molecule has 2 amide bonds. The van der Waals surface area contributed by atoms with E-state index in [0.717, 1.165) is 0 Å². The molecule has 0 aliphatic rings. The van der Waals surface area contributed by atoms with Crippen molar-refractivity contribution in [3.8, 4) is 0 Å². The Morgan fingerprint density at radius 1 is 1.11 bits per heavy atom. The van der Waals surface area contributed by atoms with Gasteiger partial charge in [0.05, 0.1) is 18.6 Å². The molecule has 0 aliphatic heterocycles. The van der Waals surface area contributed by atoms with Gasteiger partial charge < -0.3 is 20.1 Å². The topological polar surface area (TPSA) is 107 Å². The number of amides is 2. The van der Waals surface area contributed by atoms with E-state index in [1.165, 1.54) is 6.92 Å². The van der Waals surface area contributed by atoms with E-state index in [2.05, 4.69) is 5.32 Å². The number of aliphatic hydroxyl groups is 1. The summed E-state index contributed by atoms with van der Waals surface area (Å²) in [7, 11) is -2.44. The molecule has 4 unspecified atom stereocenters. The largest absolute Gasteiger partial charge is 0.480 e. The molecule has 0 saturated carbocycles. The van der Waals surface area contributed by atoms with E-state index in [-0.39, 0.29) is 23.3 Å². The van der Waals surface area contributed by atoms with Gasteiger partial charge in [0, 0.05) is 0 Å². The number of aliphatic hydroxyl groups excluding tert-OH is 1. The van der Waals surface area contributed by atoms with Gasteiger partial charge in [-0.2, -0.15) is 0 Å². The van der Waals surface area contributed by atoms with Crippen LogP contribution >= 0.6 is 0 Å². The number of rotatable bonds is 9. The van der Waals surface area contributed by atoms with Gasteiger partial charge in [0.25, 0.3) is 0 Å². The number of carbonyl (C=O) groups is 3. The monoisotopic (exact) mass is 402 g/mol. The van der Waals surface area contributed by atoms with Gasteiger partial charge in [0.15, 0.2) is 8.24 Å². The van der Waals surface area contributed by atoms with Gasteiger partial charge in [-0.05, 0) is 24.8 Å². The molecule has 0 radical (unpaired) electrons. The summed E-state index contributed by atoms with van der Waals surface area (Å²) in [5.41, 5.74) is 0. The van der Waals surface area contributed by atoms with Crippen LogP contribution in [0.2, 0.25) is 18.1 Å². The minimum absolute atomic E-state index is 0.0716. The Kier molecular flexibility index (Phi) is 9.18. The Morgan fingerprint density at radius 3 is 1.93 bits per heavy atom. The maximum atomic E-state index is 12.9. The molecule has 0 saturated heterocycles. The number of hydrogen-bond donors (Lipinski definition) is 3. The fourth-order valence-corrected chi connectivity index (χ4v) is 5.32. The number of carboxylic acid groups (broad SMARTS) is 1. The van der Waals surface area contributed by atoms with Crippen LogP contribution in [-0.4, -0.2) is 59.0 Å². The van der Waals surface area contributed by atoms with Crippen LogP contribution in [-0.2, 0) is 14.4 Å². The highest BCUT2D eigenvalue weighted by atomic mass is 28.3. The van der Waals surface area contributed by atoms with Gasteiger partial charge in [-0.25, -0.2) is 4.79 Å². The molecule has 0 rings (SSSR count). The van der Waals surface area contributed by atoms with Crippen LogP contribution < -0.4 is 5.32 Å². The molecular weight excluding hydrogens is 364 g/mol. The molecule has 3 N–H and O–H groups in total. The summed E-state index contributed by atoms with van der Waals surface area (Å²) in [5.74, 6) is -2.08. The van der Waals surface area contributed by atoms with Crippen LogP contribution in [0.5, 0.6) is 0 Å². The summed E-state index contributed by atoms with van der Waals surface area (Å²) in [6.45, 7) is 16.9. The number of carbonyl (C=O) groups excluding carboxylic acids is 2. The van der Waals surface area contributed by atoms with E-state index in [1.54, 1.807) is 18.4 Å². The summed E-state index contributed by atoms with van der Waals surface area (Å²) in [6.07, 6.45) is -0.275. The molecular formula is C19H38N2O5Si. The normalized spacial score (nSPS) is 16.8. The minimum Gasteiger partial charge on any atom is -0.480 e. The van der Waals surface area contributed by atoms with Crippen LogP contribution in [0.15, 0.2) is 0 Å². The van der Waals surface area contributed by atoms with Crippen LogP contribution in [0.3, 0.4) is 0 Å². The lowest BCUT2D eigenvalue weighted by Gasteiger charge is -2.48. The van der Waals surface area contributed by atoms with E-state index in [0.29, 0.717) is 6.42 Å². The van der Waals surface area contributed by atoms with Crippen LogP contribution in [0.1, 0.15) is 61.3 Å². The van der Waals surface area contributed by atoms with Crippen LogP contribution in [0.25, 0.3) is 0 Å². The highest BCUT2D eigenvalue weighted by molar-refractivity contribution is 6.79. The van der Waals surface area contributed by atoms with Crippen molar-refractivity contribution in [3.63, 3.8) is 0 Å². The lowest BCUT2D eigenvalue weighted by Crippen LogP contribution is -2.65. The van der Waals surface area contributed by atoms with E-state index in [1.807, 2.05) is 40.8 Å². The second-order valence-corrected chi connectivity index (χ2v) is 14.1. The van der Waals surface area contributed by atoms with E-state index in [4.69, 9.17) is 0 Å². The van der Waals surface area contributed by atoms with E-state index >= 15 is 0 Å². The molecule has 0 fully saturated rings. The Balaban J connectivity index is 5.81. The van der Waals surface area contributed by atoms with Crippen molar-refractivity contribution in [1.29, 1.82) is 0 Å². The first-order chi connectivity index (χ1) is 12.1. The van der Waals surface area contributed by atoms with Crippen molar-refractivity contribution in [2.45, 2.75) is 97.6 Å². The summed E-state index contributed by atoms with van der Waals surface area (Å²) >= 11 is 0. The Morgan fingerprint density at radius 2 is 1.59 bits per heavy atom. The van der Waals surface area contributed by atoms with Gasteiger partial charge in [-0.1, -0.05) is 54.1 Å². The van der Waals surface area contributed by atoms with E-state index < -0.39 is 38.3 Å². The quantitative estimate of drug-likeness (QED) is 0.514. The molecule has 8 heteroatoms. The lowest BCUT2D eigenvalue weighted by atomic mass is 9.99. The zero-order valence-corrected chi connectivity index (χ0v) is 19.3. The molecule has 27 heavy (non-hydrogen) atoms. The first-order valence-corrected chi connectivity index (χ1v) is 12.6. The van der Waals surface area contributed by atoms with Crippen molar-refractivity contribution < 1.29 is 24.6 Å². The van der Waals surface area contributed by atoms with Crippen molar-refractivity contribution in [2.75, 3.05) is 0 Å². The molecule has 7 nitrogen and oxygen atoms in total. The van der Waals surface area contributed by atoms with Gasteiger partial charge >= 0.3 is 5.97 Å². The highest BCUT2D eigenvalue weighted by Crippen LogP contribution is 2.39. The first kappa shape index (κ1) is 25.6. The number of aliphatic carboxylic acids is 1. The molecule has 0 heterocycles. The Labute approximate surface area is 164 Å². The zero-order chi connectivity index (χ0) is 21.7. The molecule has 0 aromatic carbocycles. The smallest absolute Gasteiger partial charge is 0.326 e. The van der Waals surface area contributed by atoms with Gasteiger partial charge in [0.2, 0.25) is 11.8 Å². The summed E-state index contributed by atoms with van der Waals surface area (Å²) < 4.78 is 1.62. The maximum absolute atomic E-state index is 12.9. The summed E-state index contributed by atoms with van der Waals surface area (Å²) in [5, 5.41) is 21.5. The molecule has 4 atom stereocenters. The predicted octanol–water partition coefficient (Wildman–Crippen LogP) is 2.60. The number of hydrogen-bond acceptors (Lipinski definition) is 4. The fraction of sp³-hybridized carbons (Fsp3) is 0.842. The van der Waals surface area contributed by atoms with Crippen LogP contribution in [0, 0.1) is 5.92 Å². The zero-order valence-electron chi connectivity index (χ0n) is 18.3. The third-order valence-corrected chi connectivity index (χ3v) is 11.2. The third kappa shape index (κ3) is 6.60. The Bertz CT molecular complexity index is 543. The fourth-order valence-electron chi connectivity index (χ4n) is 2.80. The highest BCUT2D eigenvalue weighted by Gasteiger charge is 2.47. The summed E-state index contributed by atoms with van der Waals surface area (Å²) in [4.78, 5) is 37.3. The second kappa shape index (κ2) is 9.68. The summed E-state index contributed by atoms with van der Waals surface area (Å²) in [6, 6.07) is -1.82. The predicted molar refractivity (Wildman–Crippen MR) is 109 cm³/mol. The first-order valence-electron chi connectivity index (χ1n) is 9.61. The number of nitrogens with one attached hydrogen (secondary N) is 1. The standard InChI is InChI=1S/C19H38N2O5Si/c1-10-12(2)16(18(25)26)20-17(24)14(4)21(15(23)11-13(3)22)27(8,9)19(5,6)7/h12-14,16,22H,10-11H2,1-9H3,(H,20,24)(H,25,26). The number of nitrogens with zero attached hydrogens (tertiary/aromatic N) is 1. The average molecular weight is 403 g/mol. The van der Waals surface area contributed by atoms with Crippen molar-refractivity contribution in [3.05, 3.63) is 0 Å². The molecule has 0 spiro atoms. The molecule has 0 aliphatic carbocycles. The van der Waals surface area contributed by atoms with Gasteiger partial charge in [-0.15, -0.1) is 0 Å². The lowest BCUT2D eigenvalue weighted by molar-refractivity contribution is -0.144.